The van der Waals surface area contributed by atoms with Gasteiger partial charge in [-0.25, -0.2) is 4.63 Å². The maximum Gasteiger partial charge on any atom is 0.258 e. The molecule has 0 aliphatic rings. The minimum absolute atomic E-state index is 0.260. The van der Waals surface area contributed by atoms with Gasteiger partial charge in [-0.05, 0) is 62.6 Å². The molecule has 1 N–H and O–H groups in total. The fourth-order valence-electron chi connectivity index (χ4n) is 2.03. The van der Waals surface area contributed by atoms with Gasteiger partial charge < -0.3 is 10.1 Å². The first-order valence-corrected chi connectivity index (χ1v) is 7.51. The normalized spacial score (nSPS) is 10.3. The standard InChI is InChI=1S/C16H12BrN3O3/c1-22-11-8-6-10(7-9-11)14-15(20-23-19-14)18-16(21)12-4-2-3-5-13(12)17/h2-9H,1H3,(H,18,20,21). The number of carbonyl (C=O) groups is 1. The number of anilines is 1. The molecule has 0 spiro atoms. The van der Waals surface area contributed by atoms with Crippen molar-refractivity contribution in [3.8, 4) is 17.0 Å². The maximum absolute atomic E-state index is 12.3. The molecule has 0 aliphatic carbocycles. The second-order valence-electron chi connectivity index (χ2n) is 4.62. The molecule has 0 aliphatic heterocycles. The van der Waals surface area contributed by atoms with Crippen molar-refractivity contribution in [3.63, 3.8) is 0 Å². The molecule has 7 heteroatoms. The van der Waals surface area contributed by atoms with Gasteiger partial charge in [0.25, 0.3) is 5.91 Å². The monoisotopic (exact) mass is 373 g/mol. The number of nitrogens with one attached hydrogen (secondary N) is 1. The third-order valence-corrected chi connectivity index (χ3v) is 3.89. The molecule has 3 rings (SSSR count). The quantitative estimate of drug-likeness (QED) is 0.753. The van der Waals surface area contributed by atoms with E-state index in [9.17, 15) is 4.79 Å². The molecule has 0 saturated carbocycles. The fourth-order valence-corrected chi connectivity index (χ4v) is 2.49. The Labute approximate surface area is 140 Å². The number of hydrogen-bond acceptors (Lipinski definition) is 5. The lowest BCUT2D eigenvalue weighted by Gasteiger charge is -2.05. The number of carbonyl (C=O) groups excluding carboxylic acids is 1. The highest BCUT2D eigenvalue weighted by Crippen LogP contribution is 2.27. The van der Waals surface area contributed by atoms with Gasteiger partial charge >= 0.3 is 0 Å². The first-order chi connectivity index (χ1) is 11.2. The molecular weight excluding hydrogens is 362 g/mol. The summed E-state index contributed by atoms with van der Waals surface area (Å²) in [6.45, 7) is 0. The summed E-state index contributed by atoms with van der Waals surface area (Å²) in [5, 5.41) is 10.3. The van der Waals surface area contributed by atoms with Crippen molar-refractivity contribution in [2.45, 2.75) is 0 Å². The molecule has 1 heterocycles. The molecule has 0 unspecified atom stereocenters. The van der Waals surface area contributed by atoms with Gasteiger partial charge in [0.15, 0.2) is 5.69 Å². The zero-order valence-electron chi connectivity index (χ0n) is 12.1. The third-order valence-electron chi connectivity index (χ3n) is 3.20. The SMILES string of the molecule is COc1ccc(-c2nonc2NC(=O)c2ccccc2Br)cc1. The highest BCUT2D eigenvalue weighted by Gasteiger charge is 2.17. The number of amides is 1. The van der Waals surface area contributed by atoms with E-state index >= 15 is 0 Å². The minimum Gasteiger partial charge on any atom is -0.497 e. The summed E-state index contributed by atoms with van der Waals surface area (Å²) in [7, 11) is 1.59. The van der Waals surface area contributed by atoms with Crippen LogP contribution >= 0.6 is 15.9 Å². The molecule has 0 atom stereocenters. The molecule has 0 radical (unpaired) electrons. The lowest BCUT2D eigenvalue weighted by Crippen LogP contribution is -2.13. The van der Waals surface area contributed by atoms with Gasteiger partial charge in [-0.1, -0.05) is 12.1 Å². The van der Waals surface area contributed by atoms with Gasteiger partial charge in [-0.3, -0.25) is 4.79 Å². The number of rotatable bonds is 4. The van der Waals surface area contributed by atoms with Crippen LogP contribution in [0.4, 0.5) is 5.82 Å². The van der Waals surface area contributed by atoms with Crippen LogP contribution < -0.4 is 10.1 Å². The molecule has 23 heavy (non-hydrogen) atoms. The maximum atomic E-state index is 12.3. The first-order valence-electron chi connectivity index (χ1n) is 6.72. The van der Waals surface area contributed by atoms with Crippen molar-refractivity contribution in [1.29, 1.82) is 0 Å². The predicted molar refractivity (Wildman–Crippen MR) is 88.4 cm³/mol. The van der Waals surface area contributed by atoms with Crippen LogP contribution in [0.2, 0.25) is 0 Å². The Hall–Kier alpha value is -2.67. The number of halogens is 1. The van der Waals surface area contributed by atoms with Crippen molar-refractivity contribution in [1.82, 2.24) is 10.3 Å². The van der Waals surface area contributed by atoms with E-state index in [0.717, 1.165) is 11.3 Å². The van der Waals surface area contributed by atoms with Crippen LogP contribution in [0.15, 0.2) is 57.6 Å². The molecule has 0 saturated heterocycles. The van der Waals surface area contributed by atoms with Crippen molar-refractivity contribution in [3.05, 3.63) is 58.6 Å². The van der Waals surface area contributed by atoms with Crippen molar-refractivity contribution >= 4 is 27.7 Å². The minimum atomic E-state index is -0.303. The Bertz CT molecular complexity index is 831. The number of hydrogen-bond donors (Lipinski definition) is 1. The van der Waals surface area contributed by atoms with Crippen LogP contribution in [0.25, 0.3) is 11.3 Å². The van der Waals surface area contributed by atoms with Gasteiger partial charge in [0.1, 0.15) is 5.75 Å². The molecule has 2 aromatic carbocycles. The molecule has 0 fully saturated rings. The third kappa shape index (κ3) is 3.24. The number of benzene rings is 2. The Morgan fingerprint density at radius 2 is 1.87 bits per heavy atom. The van der Waals surface area contributed by atoms with Gasteiger partial charge in [-0.2, -0.15) is 0 Å². The number of methoxy groups -OCH3 is 1. The van der Waals surface area contributed by atoms with Gasteiger partial charge in [0.05, 0.1) is 12.7 Å². The van der Waals surface area contributed by atoms with E-state index in [1.807, 2.05) is 18.2 Å². The summed E-state index contributed by atoms with van der Waals surface area (Å²) < 4.78 is 10.6. The van der Waals surface area contributed by atoms with Gasteiger partial charge in [0, 0.05) is 10.0 Å². The fraction of sp³-hybridized carbons (Fsp3) is 0.0625. The zero-order chi connectivity index (χ0) is 16.2. The summed E-state index contributed by atoms with van der Waals surface area (Å²) in [5.41, 5.74) is 1.71. The van der Waals surface area contributed by atoms with Crippen molar-refractivity contribution in [2.24, 2.45) is 0 Å². The van der Waals surface area contributed by atoms with E-state index in [1.54, 1.807) is 37.4 Å². The van der Waals surface area contributed by atoms with Crippen LogP contribution in [0.3, 0.4) is 0 Å². The summed E-state index contributed by atoms with van der Waals surface area (Å²) in [6.07, 6.45) is 0. The topological polar surface area (TPSA) is 77.2 Å². The second-order valence-corrected chi connectivity index (χ2v) is 5.48. The molecule has 3 aromatic rings. The van der Waals surface area contributed by atoms with Gasteiger partial charge in [-0.15, -0.1) is 0 Å². The lowest BCUT2D eigenvalue weighted by atomic mass is 10.1. The molecule has 1 aromatic heterocycles. The Kier molecular flexibility index (Phi) is 4.38. The molecule has 0 bridgehead atoms. The largest absolute Gasteiger partial charge is 0.497 e. The van der Waals surface area contributed by atoms with E-state index in [0.29, 0.717) is 15.7 Å². The van der Waals surface area contributed by atoms with E-state index < -0.39 is 0 Å². The van der Waals surface area contributed by atoms with Crippen LogP contribution in [0, 0.1) is 0 Å². The van der Waals surface area contributed by atoms with Crippen molar-refractivity contribution in [2.75, 3.05) is 12.4 Å². The van der Waals surface area contributed by atoms with Gasteiger partial charge in [0.2, 0.25) is 5.82 Å². The Morgan fingerprint density at radius 3 is 2.57 bits per heavy atom. The average molecular weight is 374 g/mol. The lowest BCUT2D eigenvalue weighted by molar-refractivity contribution is 0.102. The summed E-state index contributed by atoms with van der Waals surface area (Å²) in [4.78, 5) is 12.3. The van der Waals surface area contributed by atoms with E-state index in [-0.39, 0.29) is 11.7 Å². The second kappa shape index (κ2) is 6.62. The smallest absolute Gasteiger partial charge is 0.258 e. The number of nitrogens with zero attached hydrogens (tertiary/aromatic N) is 2. The number of aromatic nitrogens is 2. The van der Waals surface area contributed by atoms with Crippen LogP contribution in [-0.4, -0.2) is 23.3 Å². The zero-order valence-corrected chi connectivity index (χ0v) is 13.7. The molecule has 6 nitrogen and oxygen atoms in total. The van der Waals surface area contributed by atoms with Crippen LogP contribution in [0.1, 0.15) is 10.4 Å². The van der Waals surface area contributed by atoms with E-state index in [1.165, 1.54) is 0 Å². The summed E-state index contributed by atoms with van der Waals surface area (Å²) in [6, 6.07) is 14.3. The van der Waals surface area contributed by atoms with Crippen LogP contribution in [-0.2, 0) is 0 Å². The van der Waals surface area contributed by atoms with Crippen LogP contribution in [0.5, 0.6) is 5.75 Å². The molecular formula is C16H12BrN3O3. The molecule has 116 valence electrons. The average Bonchev–Trinajstić information content (AvgIpc) is 3.03. The Morgan fingerprint density at radius 1 is 1.13 bits per heavy atom. The predicted octanol–water partition coefficient (Wildman–Crippen LogP) is 3.76. The van der Waals surface area contributed by atoms with Crippen molar-refractivity contribution < 1.29 is 14.2 Å². The molecule has 1 amide bonds. The Balaban J connectivity index is 1.86. The highest BCUT2D eigenvalue weighted by atomic mass is 79.9. The van der Waals surface area contributed by atoms with E-state index in [4.69, 9.17) is 9.37 Å². The van der Waals surface area contributed by atoms with E-state index in [2.05, 4.69) is 31.6 Å². The summed E-state index contributed by atoms with van der Waals surface area (Å²) in [5.74, 6) is 0.683. The highest BCUT2D eigenvalue weighted by molar-refractivity contribution is 9.10. The first kappa shape index (κ1) is 15.2. The summed E-state index contributed by atoms with van der Waals surface area (Å²) >= 11 is 3.35. The number of ether oxygens (including phenoxy) is 1.